The number of aromatic nitrogens is 3. The van der Waals surface area contributed by atoms with Gasteiger partial charge in [0.25, 0.3) is 0 Å². The Morgan fingerprint density at radius 2 is 2.12 bits per heavy atom. The normalized spacial score (nSPS) is 24.8. The van der Waals surface area contributed by atoms with Gasteiger partial charge in [0, 0.05) is 31.2 Å². The van der Waals surface area contributed by atoms with Crippen LogP contribution >= 0.6 is 0 Å². The Labute approximate surface area is 244 Å². The third kappa shape index (κ3) is 4.66. The smallest absolute Gasteiger partial charge is 0.320 e. The van der Waals surface area contributed by atoms with Crippen molar-refractivity contribution in [1.82, 2.24) is 24.8 Å². The molecule has 3 aromatic rings. The molecule has 3 fully saturated rings. The number of likely N-dealkylation sites (tertiary alicyclic amines) is 1. The molecule has 4 heterocycles. The van der Waals surface area contributed by atoms with Gasteiger partial charge in [-0.15, -0.1) is 0 Å². The first kappa shape index (κ1) is 26.8. The summed E-state index contributed by atoms with van der Waals surface area (Å²) in [6.07, 6.45) is 5.80. The number of halogens is 1. The molecule has 0 radical (unpaired) electrons. The molecule has 3 unspecified atom stereocenters. The van der Waals surface area contributed by atoms with Crippen molar-refractivity contribution < 1.29 is 13.9 Å². The summed E-state index contributed by atoms with van der Waals surface area (Å²) in [5.41, 5.74) is 4.04. The summed E-state index contributed by atoms with van der Waals surface area (Å²) in [5, 5.41) is 9.96. The molecule has 7 rings (SSSR count). The van der Waals surface area contributed by atoms with Crippen molar-refractivity contribution in [3.8, 4) is 23.3 Å². The number of rotatable bonds is 7. The quantitative estimate of drug-likeness (QED) is 0.394. The lowest BCUT2D eigenvalue weighted by Crippen LogP contribution is -2.55. The van der Waals surface area contributed by atoms with E-state index in [2.05, 4.69) is 30.7 Å². The molecule has 2 aromatic heterocycles. The fourth-order valence-corrected chi connectivity index (χ4v) is 7.13. The lowest BCUT2D eigenvalue weighted by Gasteiger charge is -2.41. The number of carbonyl (C=O) groups is 1. The Bertz CT molecular complexity index is 1620. The number of carbonyl (C=O) groups excluding carboxylic acids is 1. The Morgan fingerprint density at radius 3 is 2.90 bits per heavy atom. The number of amides is 1. The summed E-state index contributed by atoms with van der Waals surface area (Å²) < 4.78 is 22.2. The maximum Gasteiger partial charge on any atom is 0.320 e. The van der Waals surface area contributed by atoms with Crippen LogP contribution in [0.3, 0.4) is 0 Å². The predicted molar refractivity (Wildman–Crippen MR) is 157 cm³/mol. The second kappa shape index (κ2) is 10.6. The minimum atomic E-state index is -0.417. The van der Waals surface area contributed by atoms with Crippen LogP contribution in [0.25, 0.3) is 22.3 Å². The predicted octanol–water partition coefficient (Wildman–Crippen LogP) is 4.08. The van der Waals surface area contributed by atoms with E-state index in [-0.39, 0.29) is 30.4 Å². The van der Waals surface area contributed by atoms with Crippen LogP contribution in [0.5, 0.6) is 6.01 Å². The molecule has 0 spiro atoms. The van der Waals surface area contributed by atoms with Crippen LogP contribution < -0.4 is 9.64 Å². The molecule has 216 valence electrons. The first-order valence-electron chi connectivity index (χ1n) is 14.8. The highest BCUT2D eigenvalue weighted by atomic mass is 19.1. The molecule has 0 bridgehead atoms. The van der Waals surface area contributed by atoms with E-state index in [0.717, 1.165) is 37.8 Å². The molecule has 4 atom stereocenters. The average molecular weight is 568 g/mol. The molecule has 2 aliphatic carbocycles. The van der Waals surface area contributed by atoms with Crippen molar-refractivity contribution in [2.45, 2.75) is 50.1 Å². The van der Waals surface area contributed by atoms with Crippen LogP contribution in [0.1, 0.15) is 42.7 Å². The van der Waals surface area contributed by atoms with Crippen LogP contribution in [-0.4, -0.2) is 82.6 Å². The first-order chi connectivity index (χ1) is 20.4. The number of hydrogen-bond acceptors (Lipinski definition) is 8. The van der Waals surface area contributed by atoms with Crippen LogP contribution in [0.4, 0.5) is 10.2 Å². The highest BCUT2D eigenvalue weighted by Crippen LogP contribution is 2.58. The van der Waals surface area contributed by atoms with Gasteiger partial charge in [0.05, 0.1) is 23.9 Å². The summed E-state index contributed by atoms with van der Waals surface area (Å²) in [5.74, 6) is 1.03. The van der Waals surface area contributed by atoms with Crippen LogP contribution in [0.2, 0.25) is 0 Å². The topological polar surface area (TPSA) is 98.5 Å². The maximum atomic E-state index is 16.0. The first-order valence-corrected chi connectivity index (χ1v) is 14.8. The van der Waals surface area contributed by atoms with Crippen molar-refractivity contribution in [2.24, 2.45) is 5.92 Å². The van der Waals surface area contributed by atoms with E-state index in [1.807, 2.05) is 17.0 Å². The number of nitriles is 1. The minimum Gasteiger partial charge on any atom is -0.462 e. The number of piperazine rings is 1. The molecule has 1 saturated carbocycles. The summed E-state index contributed by atoms with van der Waals surface area (Å²) in [6, 6.07) is 9.90. The number of hydrogen-bond donors (Lipinski definition) is 0. The van der Waals surface area contributed by atoms with E-state index in [1.54, 1.807) is 4.90 Å². The highest BCUT2D eigenvalue weighted by Gasteiger charge is 2.46. The highest BCUT2D eigenvalue weighted by molar-refractivity contribution is 5.90. The summed E-state index contributed by atoms with van der Waals surface area (Å²) in [7, 11) is 2.09. The number of anilines is 1. The summed E-state index contributed by atoms with van der Waals surface area (Å²) in [6.45, 7) is 6.29. The van der Waals surface area contributed by atoms with Crippen molar-refractivity contribution >= 4 is 22.8 Å². The van der Waals surface area contributed by atoms with E-state index >= 15 is 4.39 Å². The van der Waals surface area contributed by atoms with Gasteiger partial charge in [-0.1, -0.05) is 24.8 Å². The third-order valence-electron chi connectivity index (χ3n) is 9.47. The van der Waals surface area contributed by atoms with Gasteiger partial charge in [-0.05, 0) is 74.4 Å². The third-order valence-corrected chi connectivity index (χ3v) is 9.47. The molecule has 0 N–H and O–H groups in total. The summed E-state index contributed by atoms with van der Waals surface area (Å²) >= 11 is 0. The fourth-order valence-electron chi connectivity index (χ4n) is 7.13. The maximum absolute atomic E-state index is 16.0. The second-order valence-electron chi connectivity index (χ2n) is 12.0. The van der Waals surface area contributed by atoms with Gasteiger partial charge in [0.1, 0.15) is 23.9 Å². The van der Waals surface area contributed by atoms with Crippen LogP contribution in [-0.2, 0) is 11.2 Å². The zero-order valence-corrected chi connectivity index (χ0v) is 23.8. The zero-order valence-electron chi connectivity index (χ0n) is 23.8. The van der Waals surface area contributed by atoms with Gasteiger partial charge in [0.2, 0.25) is 5.91 Å². The standard InChI is InChI=1S/C32H34FN7O2/c1-3-27(41)40-13-12-39(17-21(40)9-10-34)31-25-16-26(33)29(23-8-4-6-19-14-20-15-24(20)28(19)23)35-30(25)36-32(37-31)42-18-22-7-5-11-38(22)2/h3-4,6,8,16,20-22,24H,1,5,7,9,11-15,17-18H2,2H3/t20?,21-,22?,24?/m0/s1. The van der Waals surface area contributed by atoms with Crippen molar-refractivity contribution in [3.05, 3.63) is 53.9 Å². The van der Waals surface area contributed by atoms with Crippen molar-refractivity contribution in [3.63, 3.8) is 0 Å². The number of benzene rings is 1. The molecule has 2 saturated heterocycles. The molecule has 42 heavy (non-hydrogen) atoms. The molecule has 10 heteroatoms. The van der Waals surface area contributed by atoms with E-state index in [0.29, 0.717) is 60.6 Å². The van der Waals surface area contributed by atoms with E-state index < -0.39 is 5.82 Å². The van der Waals surface area contributed by atoms with Crippen molar-refractivity contribution in [1.29, 1.82) is 5.26 Å². The number of ether oxygens (including phenoxy) is 1. The van der Waals surface area contributed by atoms with Gasteiger partial charge < -0.3 is 19.4 Å². The summed E-state index contributed by atoms with van der Waals surface area (Å²) in [4.78, 5) is 32.7. The van der Waals surface area contributed by atoms with Crippen LogP contribution in [0.15, 0.2) is 36.9 Å². The number of pyridine rings is 1. The Hall–Kier alpha value is -4.10. The van der Waals surface area contributed by atoms with E-state index in [4.69, 9.17) is 19.7 Å². The lowest BCUT2D eigenvalue weighted by atomic mass is 9.96. The lowest BCUT2D eigenvalue weighted by molar-refractivity contribution is -0.128. The van der Waals surface area contributed by atoms with Gasteiger partial charge in [-0.2, -0.15) is 15.2 Å². The Morgan fingerprint density at radius 1 is 1.24 bits per heavy atom. The van der Waals surface area contributed by atoms with Crippen LogP contribution in [0, 0.1) is 23.1 Å². The minimum absolute atomic E-state index is 0.161. The molecule has 2 aliphatic heterocycles. The Kier molecular flexibility index (Phi) is 6.77. The largest absolute Gasteiger partial charge is 0.462 e. The molecule has 4 aliphatic rings. The monoisotopic (exact) mass is 567 g/mol. The number of likely N-dealkylation sites (N-methyl/N-ethyl adjacent to an activating group) is 1. The molecule has 1 amide bonds. The second-order valence-corrected chi connectivity index (χ2v) is 12.0. The number of nitrogens with zero attached hydrogens (tertiary/aromatic N) is 7. The van der Waals surface area contributed by atoms with Gasteiger partial charge in [-0.25, -0.2) is 9.37 Å². The fraction of sp³-hybridized carbons (Fsp3) is 0.469. The van der Waals surface area contributed by atoms with E-state index in [1.165, 1.54) is 23.3 Å². The van der Waals surface area contributed by atoms with Gasteiger partial charge in [0.15, 0.2) is 5.65 Å². The van der Waals surface area contributed by atoms with Gasteiger partial charge in [-0.3, -0.25) is 4.79 Å². The molecule has 9 nitrogen and oxygen atoms in total. The molecular weight excluding hydrogens is 533 g/mol. The Balaban J connectivity index is 1.29. The zero-order chi connectivity index (χ0) is 29.0. The molecule has 1 aromatic carbocycles. The number of fused-ring (bicyclic) bond motifs is 4. The van der Waals surface area contributed by atoms with Gasteiger partial charge >= 0.3 is 6.01 Å². The van der Waals surface area contributed by atoms with E-state index in [9.17, 15) is 10.1 Å². The SMILES string of the molecule is C=CC(=O)N1CCN(c2nc(OCC3CCCN3C)nc3nc(-c4cccc5c4C4CC4C5)c(F)cc23)C[C@@H]1CC#N. The average Bonchev–Trinajstić information content (AvgIpc) is 3.47. The molecular formula is C32H34FN7O2. The van der Waals surface area contributed by atoms with Crippen molar-refractivity contribution in [2.75, 3.05) is 44.7 Å².